The second kappa shape index (κ2) is 11.6. The maximum absolute atomic E-state index is 13.4. The average Bonchev–Trinajstić information content (AvgIpc) is 3.30. The summed E-state index contributed by atoms with van der Waals surface area (Å²) in [5.74, 6) is 1.03. The number of aliphatic hydroxyl groups is 1. The molecule has 0 bridgehead atoms. The van der Waals surface area contributed by atoms with Crippen LogP contribution in [0, 0.1) is 0 Å². The van der Waals surface area contributed by atoms with Gasteiger partial charge in [-0.2, -0.15) is 0 Å². The highest BCUT2D eigenvalue weighted by atomic mass is 16.5. The number of hydrogen-bond donors (Lipinski definition) is 3. The van der Waals surface area contributed by atoms with Crippen LogP contribution in [0.5, 0.6) is 11.5 Å². The molecule has 0 aliphatic carbocycles. The molecule has 0 saturated carbocycles. The first-order chi connectivity index (χ1) is 17.1. The fraction of sp³-hybridized carbons (Fsp3) is 0.276. The van der Waals surface area contributed by atoms with Crippen LogP contribution in [-0.2, 0) is 6.42 Å². The highest BCUT2D eigenvalue weighted by Crippen LogP contribution is 2.29. The van der Waals surface area contributed by atoms with Gasteiger partial charge in [-0.3, -0.25) is 4.79 Å². The zero-order valence-electron chi connectivity index (χ0n) is 20.2. The van der Waals surface area contributed by atoms with E-state index in [9.17, 15) is 9.90 Å². The van der Waals surface area contributed by atoms with Crippen molar-refractivity contribution in [3.63, 3.8) is 0 Å². The van der Waals surface area contributed by atoms with E-state index in [1.807, 2.05) is 86.8 Å². The van der Waals surface area contributed by atoms with Gasteiger partial charge in [0.05, 0.1) is 31.4 Å². The van der Waals surface area contributed by atoms with Crippen molar-refractivity contribution in [2.75, 3.05) is 19.8 Å². The molecule has 1 amide bonds. The number of hydrogen-bond acceptors (Lipinski definition) is 4. The summed E-state index contributed by atoms with van der Waals surface area (Å²) in [7, 11) is 0. The molecule has 1 heterocycles. The first-order valence-electron chi connectivity index (χ1n) is 12.1. The van der Waals surface area contributed by atoms with Crippen LogP contribution in [0.25, 0.3) is 22.0 Å². The highest BCUT2D eigenvalue weighted by Gasteiger charge is 2.20. The van der Waals surface area contributed by atoms with E-state index < -0.39 is 6.04 Å². The second-order valence-corrected chi connectivity index (χ2v) is 8.44. The molecule has 182 valence electrons. The Bertz CT molecular complexity index is 1280. The van der Waals surface area contributed by atoms with Gasteiger partial charge in [0.25, 0.3) is 5.91 Å². The lowest BCUT2D eigenvalue weighted by Crippen LogP contribution is -2.39. The lowest BCUT2D eigenvalue weighted by atomic mass is 10.0. The fourth-order valence-electron chi connectivity index (χ4n) is 4.15. The monoisotopic (exact) mass is 472 g/mol. The van der Waals surface area contributed by atoms with E-state index in [4.69, 9.17) is 9.47 Å². The van der Waals surface area contributed by atoms with Gasteiger partial charge in [0.2, 0.25) is 0 Å². The van der Waals surface area contributed by atoms with Gasteiger partial charge in [0.15, 0.2) is 0 Å². The Balaban J connectivity index is 1.59. The van der Waals surface area contributed by atoms with Crippen molar-refractivity contribution in [2.45, 2.75) is 32.7 Å². The first kappa shape index (κ1) is 24.4. The van der Waals surface area contributed by atoms with E-state index in [0.717, 1.165) is 39.8 Å². The summed E-state index contributed by atoms with van der Waals surface area (Å²) >= 11 is 0. The fourth-order valence-corrected chi connectivity index (χ4v) is 4.15. The van der Waals surface area contributed by atoms with Crippen molar-refractivity contribution in [1.82, 2.24) is 10.3 Å². The number of amides is 1. The Hall–Kier alpha value is -3.77. The summed E-state index contributed by atoms with van der Waals surface area (Å²) < 4.78 is 11.5. The van der Waals surface area contributed by atoms with Crippen LogP contribution >= 0.6 is 0 Å². The lowest BCUT2D eigenvalue weighted by molar-refractivity contribution is 0.0912. The Morgan fingerprint density at radius 1 is 1.00 bits per heavy atom. The van der Waals surface area contributed by atoms with Crippen LogP contribution in [0.2, 0.25) is 0 Å². The van der Waals surface area contributed by atoms with E-state index in [-0.39, 0.29) is 12.5 Å². The van der Waals surface area contributed by atoms with Crippen molar-refractivity contribution in [3.8, 4) is 22.6 Å². The maximum atomic E-state index is 13.4. The normalized spacial score (nSPS) is 11.9. The predicted octanol–water partition coefficient (Wildman–Crippen LogP) is 5.36. The molecule has 3 aromatic carbocycles. The number of para-hydroxylation sites is 1. The summed E-state index contributed by atoms with van der Waals surface area (Å²) in [4.78, 5) is 16.7. The van der Waals surface area contributed by atoms with Crippen LogP contribution in [0.15, 0.2) is 72.9 Å². The molecular weight excluding hydrogens is 440 g/mol. The third-order valence-electron chi connectivity index (χ3n) is 5.86. The summed E-state index contributed by atoms with van der Waals surface area (Å²) in [6, 6.07) is 21.0. The van der Waals surface area contributed by atoms with Crippen LogP contribution in [-0.4, -0.2) is 41.9 Å². The maximum Gasteiger partial charge on any atom is 0.255 e. The molecule has 3 N–H and O–H groups in total. The molecule has 0 unspecified atom stereocenters. The molecule has 0 spiro atoms. The number of benzene rings is 3. The number of H-pyrrole nitrogens is 1. The molecule has 0 saturated heterocycles. The highest BCUT2D eigenvalue weighted by molar-refractivity contribution is 5.98. The molecule has 0 fully saturated rings. The quantitative estimate of drug-likeness (QED) is 0.275. The molecule has 0 aliphatic rings. The number of nitrogens with one attached hydrogen (secondary N) is 2. The Morgan fingerprint density at radius 2 is 1.83 bits per heavy atom. The third-order valence-corrected chi connectivity index (χ3v) is 5.86. The summed E-state index contributed by atoms with van der Waals surface area (Å²) in [5, 5.41) is 14.1. The molecule has 35 heavy (non-hydrogen) atoms. The van der Waals surface area contributed by atoms with Gasteiger partial charge in [-0.25, -0.2) is 0 Å². The van der Waals surface area contributed by atoms with Crippen LogP contribution in [0.1, 0.15) is 36.2 Å². The minimum Gasteiger partial charge on any atom is -0.494 e. The molecule has 6 heteroatoms. The molecule has 0 radical (unpaired) electrons. The minimum absolute atomic E-state index is 0.174. The van der Waals surface area contributed by atoms with E-state index in [2.05, 4.69) is 10.3 Å². The Kier molecular flexibility index (Phi) is 8.06. The van der Waals surface area contributed by atoms with Gasteiger partial charge < -0.3 is 24.9 Å². The topological polar surface area (TPSA) is 83.6 Å². The number of fused-ring (bicyclic) bond motifs is 1. The van der Waals surface area contributed by atoms with Crippen molar-refractivity contribution in [2.24, 2.45) is 0 Å². The Morgan fingerprint density at radius 3 is 2.63 bits per heavy atom. The number of carbonyl (C=O) groups excluding carboxylic acids is 1. The number of rotatable bonds is 11. The van der Waals surface area contributed by atoms with Gasteiger partial charge in [-0.15, -0.1) is 0 Å². The molecule has 0 aliphatic heterocycles. The van der Waals surface area contributed by atoms with Gasteiger partial charge in [-0.1, -0.05) is 43.3 Å². The number of ether oxygens (including phenoxy) is 2. The minimum atomic E-state index is -0.439. The lowest BCUT2D eigenvalue weighted by Gasteiger charge is -2.18. The second-order valence-electron chi connectivity index (χ2n) is 8.44. The van der Waals surface area contributed by atoms with Gasteiger partial charge in [0, 0.05) is 17.1 Å². The smallest absolute Gasteiger partial charge is 0.255 e. The number of aliphatic hydroxyl groups excluding tert-OH is 1. The number of aromatic amines is 1. The number of aromatic nitrogens is 1. The standard InChI is InChI=1S/C29H32N2O4/c1-3-14-35-28-13-12-21(20-8-7-9-24(16-20)34-4-2)17-26(28)29(33)31-23(19-32)15-22-18-30-27-11-6-5-10-25(22)27/h5-13,16-18,23,30,32H,3-4,14-15,19H2,1-2H3,(H,31,33)/t23-/m0/s1. The third kappa shape index (κ3) is 5.84. The SMILES string of the molecule is CCCOc1ccc(-c2cccc(OCC)c2)cc1C(=O)N[C@H](CO)Cc1c[nH]c2ccccc12. The zero-order chi connectivity index (χ0) is 24.6. The molecule has 4 rings (SSSR count). The molecular formula is C29H32N2O4. The van der Waals surface area contributed by atoms with Crippen LogP contribution < -0.4 is 14.8 Å². The van der Waals surface area contributed by atoms with E-state index in [1.54, 1.807) is 0 Å². The largest absolute Gasteiger partial charge is 0.494 e. The van der Waals surface area contributed by atoms with Gasteiger partial charge >= 0.3 is 0 Å². The average molecular weight is 473 g/mol. The van der Waals surface area contributed by atoms with E-state index in [0.29, 0.717) is 30.9 Å². The van der Waals surface area contributed by atoms with Crippen LogP contribution in [0.4, 0.5) is 0 Å². The summed E-state index contributed by atoms with van der Waals surface area (Å²) in [5.41, 5.74) is 4.35. The van der Waals surface area contributed by atoms with Crippen molar-refractivity contribution < 1.29 is 19.4 Å². The molecule has 6 nitrogen and oxygen atoms in total. The predicted molar refractivity (Wildman–Crippen MR) is 139 cm³/mol. The van der Waals surface area contributed by atoms with Crippen molar-refractivity contribution >= 4 is 16.8 Å². The zero-order valence-corrected chi connectivity index (χ0v) is 20.2. The summed E-state index contributed by atoms with van der Waals surface area (Å²) in [6.45, 7) is 4.89. The van der Waals surface area contributed by atoms with Gasteiger partial charge in [-0.05, 0) is 66.8 Å². The molecule has 1 atom stereocenters. The van der Waals surface area contributed by atoms with E-state index in [1.165, 1.54) is 0 Å². The Labute approximate surface area is 205 Å². The van der Waals surface area contributed by atoms with E-state index >= 15 is 0 Å². The number of carbonyl (C=O) groups is 1. The van der Waals surface area contributed by atoms with Crippen LogP contribution in [0.3, 0.4) is 0 Å². The molecule has 1 aromatic heterocycles. The van der Waals surface area contributed by atoms with Crippen molar-refractivity contribution in [1.29, 1.82) is 0 Å². The van der Waals surface area contributed by atoms with Gasteiger partial charge in [0.1, 0.15) is 11.5 Å². The first-order valence-corrected chi connectivity index (χ1v) is 12.1. The van der Waals surface area contributed by atoms with Crippen molar-refractivity contribution in [3.05, 3.63) is 84.1 Å². The summed E-state index contributed by atoms with van der Waals surface area (Å²) in [6.07, 6.45) is 3.27. The molecule has 4 aromatic rings.